The predicted octanol–water partition coefficient (Wildman–Crippen LogP) is 2.80. The van der Waals surface area contributed by atoms with Gasteiger partial charge in [-0.1, -0.05) is 67.9 Å². The molecule has 2 saturated carbocycles. The van der Waals surface area contributed by atoms with E-state index in [4.69, 9.17) is 24.9 Å². The van der Waals surface area contributed by atoms with Crippen LogP contribution < -0.4 is 5.32 Å². The van der Waals surface area contributed by atoms with Crippen molar-refractivity contribution in [3.8, 4) is 11.3 Å². The Kier molecular flexibility index (Phi) is 12.9. The largest absolute Gasteiger partial charge is 0.479 e. The molecule has 42 heavy (non-hydrogen) atoms. The number of aliphatic carboxylic acids is 2. The van der Waals surface area contributed by atoms with Gasteiger partial charge in [-0.25, -0.2) is 9.59 Å². The molecule has 232 valence electrons. The predicted molar refractivity (Wildman–Crippen MR) is 153 cm³/mol. The molecule has 0 spiro atoms. The van der Waals surface area contributed by atoms with Crippen molar-refractivity contribution < 1.29 is 44.4 Å². The van der Waals surface area contributed by atoms with Gasteiger partial charge in [-0.3, -0.25) is 4.79 Å². The summed E-state index contributed by atoms with van der Waals surface area (Å²) in [6.07, 6.45) is 6.95. The third kappa shape index (κ3) is 9.62. The first-order valence-corrected chi connectivity index (χ1v) is 14.7. The molecule has 0 saturated heterocycles. The van der Waals surface area contributed by atoms with Crippen LogP contribution in [0.15, 0.2) is 34.9 Å². The molecule has 4 rings (SSSR count). The molecular weight excluding hydrogens is 546 g/mol. The quantitative estimate of drug-likeness (QED) is 0.226. The van der Waals surface area contributed by atoms with Gasteiger partial charge in [0.15, 0.2) is 23.7 Å². The van der Waals surface area contributed by atoms with Crippen LogP contribution in [0, 0.1) is 0 Å². The highest BCUT2D eigenvalue weighted by Crippen LogP contribution is 2.32. The third-order valence-corrected chi connectivity index (χ3v) is 7.71. The lowest BCUT2D eigenvalue weighted by molar-refractivity contribution is -0.165. The molecule has 0 bridgehead atoms. The Hall–Kier alpha value is -3.32. The Morgan fingerprint density at radius 3 is 1.83 bits per heavy atom. The lowest BCUT2D eigenvalue weighted by atomic mass is 9.88. The number of aromatic nitrogens is 1. The second-order valence-corrected chi connectivity index (χ2v) is 11.1. The van der Waals surface area contributed by atoms with Crippen LogP contribution in [0.5, 0.6) is 0 Å². The van der Waals surface area contributed by atoms with Gasteiger partial charge >= 0.3 is 11.9 Å². The van der Waals surface area contributed by atoms with Crippen LogP contribution in [0.25, 0.3) is 11.3 Å². The van der Waals surface area contributed by atoms with E-state index in [1.165, 1.54) is 38.5 Å². The summed E-state index contributed by atoms with van der Waals surface area (Å²) in [6, 6.07) is 10.5. The summed E-state index contributed by atoms with van der Waals surface area (Å²) in [5.41, 5.74) is 2.47. The number of nitrogens with zero attached hydrogens (tertiary/aromatic N) is 2. The van der Waals surface area contributed by atoms with Crippen molar-refractivity contribution in [2.24, 2.45) is 0 Å². The van der Waals surface area contributed by atoms with Gasteiger partial charge in [0.1, 0.15) is 0 Å². The van der Waals surface area contributed by atoms with Gasteiger partial charge in [-0.15, -0.1) is 0 Å². The number of benzene rings is 1. The SMILES string of the molecule is CC(O)CNCc1ccc(-c2cc(C(=O)N(C3CCCCC3)C3CCCCC3)no2)cc1.O=C(O)C(O)C(O)C(=O)O. The van der Waals surface area contributed by atoms with E-state index in [-0.39, 0.29) is 12.0 Å². The smallest absolute Gasteiger partial charge is 0.335 e. The number of amides is 1. The molecule has 1 aromatic heterocycles. The van der Waals surface area contributed by atoms with Crippen LogP contribution in [0.3, 0.4) is 0 Å². The maximum absolute atomic E-state index is 13.6. The molecule has 2 aromatic rings. The zero-order valence-corrected chi connectivity index (χ0v) is 24.0. The van der Waals surface area contributed by atoms with Gasteiger partial charge in [0.05, 0.1) is 6.10 Å². The standard InChI is InChI=1S/C26H37N3O3.C4H6O6/c1-19(30)17-27-18-20-12-14-21(15-13-20)25-16-24(28-32-25)26(31)29(22-8-4-2-5-9-22)23-10-6-3-7-11-23;5-1(3(7)8)2(6)4(9)10/h12-16,19,22-23,27,30H,2-11,17-18H2,1H3;1-2,5-6H,(H,7,8)(H,9,10). The number of hydrogen-bond donors (Lipinski definition) is 6. The second-order valence-electron chi connectivity index (χ2n) is 11.1. The summed E-state index contributed by atoms with van der Waals surface area (Å²) in [4.78, 5) is 35.3. The first kappa shape index (κ1) is 33.2. The van der Waals surface area contributed by atoms with Crippen LogP contribution in [-0.4, -0.2) is 90.4 Å². The van der Waals surface area contributed by atoms with Crippen LogP contribution in [0.2, 0.25) is 0 Å². The summed E-state index contributed by atoms with van der Waals surface area (Å²) in [6.45, 7) is 3.03. The molecule has 1 aromatic carbocycles. The number of aliphatic hydroxyl groups excluding tert-OH is 3. The Labute approximate surface area is 245 Å². The van der Waals surface area contributed by atoms with Crippen LogP contribution in [0.4, 0.5) is 0 Å². The van der Waals surface area contributed by atoms with Crippen molar-refractivity contribution in [3.05, 3.63) is 41.6 Å². The van der Waals surface area contributed by atoms with Crippen molar-refractivity contribution in [1.29, 1.82) is 0 Å². The second kappa shape index (κ2) is 16.4. The minimum atomic E-state index is -2.27. The molecule has 12 nitrogen and oxygen atoms in total. The van der Waals surface area contributed by atoms with E-state index in [9.17, 15) is 19.5 Å². The summed E-state index contributed by atoms with van der Waals surface area (Å²) < 4.78 is 5.60. The Balaban J connectivity index is 0.000000416. The summed E-state index contributed by atoms with van der Waals surface area (Å²) in [5.74, 6) is -2.87. The molecule has 2 aliphatic rings. The fourth-order valence-corrected chi connectivity index (χ4v) is 5.47. The van der Waals surface area contributed by atoms with Crippen molar-refractivity contribution in [2.45, 2.75) is 108 Å². The number of rotatable bonds is 11. The average molecular weight is 590 g/mol. The van der Waals surface area contributed by atoms with Crippen LogP contribution in [-0.2, 0) is 16.1 Å². The fraction of sp³-hybridized carbons (Fsp3) is 0.600. The van der Waals surface area contributed by atoms with Crippen molar-refractivity contribution in [2.75, 3.05) is 6.54 Å². The lowest BCUT2D eigenvalue weighted by Gasteiger charge is -2.41. The Bertz CT molecular complexity index is 1100. The van der Waals surface area contributed by atoms with Gasteiger partial charge in [0, 0.05) is 36.8 Å². The van der Waals surface area contributed by atoms with Crippen LogP contribution in [0.1, 0.15) is 87.2 Å². The van der Waals surface area contributed by atoms with E-state index in [2.05, 4.69) is 15.4 Å². The number of carbonyl (C=O) groups excluding carboxylic acids is 1. The minimum Gasteiger partial charge on any atom is -0.479 e. The topological polar surface area (TPSA) is 194 Å². The van der Waals surface area contributed by atoms with E-state index in [1.807, 2.05) is 30.3 Å². The van der Waals surface area contributed by atoms with Crippen molar-refractivity contribution in [3.63, 3.8) is 0 Å². The summed E-state index contributed by atoms with van der Waals surface area (Å²) in [7, 11) is 0. The average Bonchev–Trinajstić information content (AvgIpc) is 3.48. The van der Waals surface area contributed by atoms with Gasteiger partial charge in [0.25, 0.3) is 5.91 Å². The van der Waals surface area contributed by atoms with E-state index in [0.29, 0.717) is 36.6 Å². The Morgan fingerprint density at radius 1 is 0.881 bits per heavy atom. The molecule has 0 radical (unpaired) electrons. The molecule has 0 aliphatic heterocycles. The van der Waals surface area contributed by atoms with Crippen molar-refractivity contribution >= 4 is 17.8 Å². The first-order chi connectivity index (χ1) is 20.1. The maximum Gasteiger partial charge on any atom is 0.335 e. The molecule has 3 unspecified atom stereocenters. The zero-order chi connectivity index (χ0) is 30.6. The lowest BCUT2D eigenvalue weighted by Crippen LogP contribution is -2.48. The monoisotopic (exact) mass is 589 g/mol. The number of nitrogens with one attached hydrogen (secondary N) is 1. The van der Waals surface area contributed by atoms with Gasteiger partial charge in [0.2, 0.25) is 0 Å². The molecule has 3 atom stereocenters. The van der Waals surface area contributed by atoms with E-state index in [0.717, 1.165) is 36.8 Å². The fourth-order valence-electron chi connectivity index (χ4n) is 5.47. The number of aliphatic hydroxyl groups is 3. The molecule has 2 fully saturated rings. The normalized spacial score (nSPS) is 18.3. The number of carboxylic acids is 2. The number of hydrogen-bond acceptors (Lipinski definition) is 9. The van der Waals surface area contributed by atoms with E-state index >= 15 is 0 Å². The van der Waals surface area contributed by atoms with E-state index < -0.39 is 24.1 Å². The highest BCUT2D eigenvalue weighted by atomic mass is 16.5. The Morgan fingerprint density at radius 2 is 1.38 bits per heavy atom. The highest BCUT2D eigenvalue weighted by Gasteiger charge is 2.34. The molecule has 1 heterocycles. The molecule has 6 N–H and O–H groups in total. The first-order valence-electron chi connectivity index (χ1n) is 14.7. The maximum atomic E-state index is 13.6. The molecule has 12 heteroatoms. The van der Waals surface area contributed by atoms with Gasteiger partial charge < -0.3 is 40.3 Å². The zero-order valence-electron chi connectivity index (χ0n) is 24.0. The molecule has 2 aliphatic carbocycles. The number of carbonyl (C=O) groups is 3. The summed E-state index contributed by atoms with van der Waals surface area (Å²) >= 11 is 0. The minimum absolute atomic E-state index is 0.0396. The van der Waals surface area contributed by atoms with Gasteiger partial charge in [-0.2, -0.15) is 0 Å². The van der Waals surface area contributed by atoms with Crippen molar-refractivity contribution in [1.82, 2.24) is 15.4 Å². The summed E-state index contributed by atoms with van der Waals surface area (Å²) in [5, 5.41) is 49.3. The van der Waals surface area contributed by atoms with Crippen LogP contribution >= 0.6 is 0 Å². The molecule has 1 amide bonds. The molecular formula is C30H43N3O9. The van der Waals surface area contributed by atoms with E-state index in [1.54, 1.807) is 6.92 Å². The third-order valence-electron chi connectivity index (χ3n) is 7.71. The number of carboxylic acid groups (broad SMARTS) is 2. The van der Waals surface area contributed by atoms with Gasteiger partial charge in [-0.05, 0) is 38.2 Å². The highest BCUT2D eigenvalue weighted by molar-refractivity contribution is 5.93.